The number of nitrogens with zero attached hydrogens (tertiary/aromatic N) is 2. The summed E-state index contributed by atoms with van der Waals surface area (Å²) < 4.78 is 0. The van der Waals surface area contributed by atoms with Crippen LogP contribution in [0.1, 0.15) is 47.1 Å². The molecule has 0 aliphatic heterocycles. The fourth-order valence-electron chi connectivity index (χ4n) is 2.60. The summed E-state index contributed by atoms with van der Waals surface area (Å²) in [4.78, 5) is 12.2. The van der Waals surface area contributed by atoms with Crippen molar-refractivity contribution < 1.29 is 4.79 Å². The minimum atomic E-state index is -0.246. The monoisotopic (exact) mass is 282 g/mol. The molecule has 3 rings (SSSR count). The van der Waals surface area contributed by atoms with E-state index in [2.05, 4.69) is 20.7 Å². The van der Waals surface area contributed by atoms with Crippen LogP contribution in [-0.4, -0.2) is 21.8 Å². The smallest absolute Gasteiger partial charge is 0.281 e. The van der Waals surface area contributed by atoms with Crippen LogP contribution in [0.15, 0.2) is 35.4 Å². The third kappa shape index (κ3) is 2.86. The number of rotatable bonds is 3. The van der Waals surface area contributed by atoms with Crippen LogP contribution >= 0.6 is 0 Å². The summed E-state index contributed by atoms with van der Waals surface area (Å²) in [6.45, 7) is 1.87. The Bertz CT molecular complexity index is 673. The van der Waals surface area contributed by atoms with Crippen LogP contribution in [0.2, 0.25) is 0 Å². The quantitative estimate of drug-likeness (QED) is 0.670. The molecule has 0 spiro atoms. The second kappa shape index (κ2) is 5.91. The van der Waals surface area contributed by atoms with E-state index in [1.165, 1.54) is 0 Å². The molecular formula is C16H18N4O. The topological polar surface area (TPSA) is 70.1 Å². The molecule has 2 N–H and O–H groups in total. The maximum Gasteiger partial charge on any atom is 0.292 e. The maximum atomic E-state index is 12.2. The van der Waals surface area contributed by atoms with Gasteiger partial charge in [-0.15, -0.1) is 0 Å². The van der Waals surface area contributed by atoms with Gasteiger partial charge in [0.15, 0.2) is 5.69 Å². The number of aryl methyl sites for hydroxylation is 1. The summed E-state index contributed by atoms with van der Waals surface area (Å²) in [5.41, 5.74) is 6.98. The van der Waals surface area contributed by atoms with Crippen molar-refractivity contribution in [3.63, 3.8) is 0 Å². The van der Waals surface area contributed by atoms with E-state index >= 15 is 0 Å². The van der Waals surface area contributed by atoms with Crippen molar-refractivity contribution >= 4 is 11.6 Å². The first-order valence-electron chi connectivity index (χ1n) is 7.22. The second-order valence-electron chi connectivity index (χ2n) is 5.24. The number of H-pyrrole nitrogens is 1. The highest BCUT2D eigenvalue weighted by Gasteiger charge is 2.21. The third-order valence-corrected chi connectivity index (χ3v) is 3.79. The zero-order valence-electron chi connectivity index (χ0n) is 12.0. The predicted molar refractivity (Wildman–Crippen MR) is 81.3 cm³/mol. The fraction of sp³-hybridized carbons (Fsp3) is 0.312. The van der Waals surface area contributed by atoms with Crippen LogP contribution in [0.3, 0.4) is 0 Å². The van der Waals surface area contributed by atoms with Crippen LogP contribution in [0.5, 0.6) is 0 Å². The Morgan fingerprint density at radius 2 is 2.00 bits per heavy atom. The Hall–Kier alpha value is -2.43. The molecule has 1 amide bonds. The summed E-state index contributed by atoms with van der Waals surface area (Å²) in [5.74, 6) is -0.246. The lowest BCUT2D eigenvalue weighted by molar-refractivity contribution is 0.0949. The molecule has 1 aliphatic rings. The second-order valence-corrected chi connectivity index (χ2v) is 5.24. The van der Waals surface area contributed by atoms with Gasteiger partial charge in [0.05, 0.1) is 5.71 Å². The number of amides is 1. The van der Waals surface area contributed by atoms with Gasteiger partial charge in [-0.05, 0) is 38.2 Å². The average Bonchev–Trinajstić information content (AvgIpc) is 2.97. The predicted octanol–water partition coefficient (Wildman–Crippen LogP) is 2.44. The molecule has 0 saturated heterocycles. The first-order valence-corrected chi connectivity index (χ1v) is 7.22. The molecule has 21 heavy (non-hydrogen) atoms. The summed E-state index contributed by atoms with van der Waals surface area (Å²) in [6.07, 6.45) is 4.15. The number of hydrogen-bond donors (Lipinski definition) is 2. The molecule has 0 unspecified atom stereocenters. The molecule has 0 bridgehead atoms. The molecule has 108 valence electrons. The first kappa shape index (κ1) is 13.5. The Labute approximate surface area is 123 Å². The van der Waals surface area contributed by atoms with E-state index in [-0.39, 0.29) is 5.91 Å². The van der Waals surface area contributed by atoms with E-state index in [0.29, 0.717) is 5.69 Å². The average molecular weight is 282 g/mol. The van der Waals surface area contributed by atoms with Gasteiger partial charge in [0.1, 0.15) is 0 Å². The van der Waals surface area contributed by atoms with Gasteiger partial charge in [-0.3, -0.25) is 9.89 Å². The number of benzene rings is 1. The van der Waals surface area contributed by atoms with Gasteiger partial charge in [0, 0.05) is 11.3 Å². The molecule has 1 aromatic heterocycles. The van der Waals surface area contributed by atoms with E-state index in [1.807, 2.05) is 37.3 Å². The number of nitrogens with one attached hydrogen (secondary N) is 2. The highest BCUT2D eigenvalue weighted by molar-refractivity contribution is 6.00. The van der Waals surface area contributed by atoms with Crippen molar-refractivity contribution in [2.75, 3.05) is 0 Å². The van der Waals surface area contributed by atoms with Crippen molar-refractivity contribution in [2.45, 2.75) is 32.6 Å². The summed E-state index contributed by atoms with van der Waals surface area (Å²) in [5, 5.41) is 11.3. The SMILES string of the molecule is C/C(=N/NC(=O)c1n[nH]c2c1CCCC2)c1ccccc1. The van der Waals surface area contributed by atoms with Gasteiger partial charge in [0.2, 0.25) is 0 Å². The molecule has 1 aromatic carbocycles. The van der Waals surface area contributed by atoms with Crippen LogP contribution in [0.4, 0.5) is 0 Å². The molecule has 0 atom stereocenters. The lowest BCUT2D eigenvalue weighted by Gasteiger charge is -2.10. The van der Waals surface area contributed by atoms with Crippen LogP contribution in [-0.2, 0) is 12.8 Å². The van der Waals surface area contributed by atoms with E-state index in [1.54, 1.807) is 0 Å². The van der Waals surface area contributed by atoms with Crippen LogP contribution in [0.25, 0.3) is 0 Å². The minimum Gasteiger partial charge on any atom is -0.281 e. The zero-order valence-corrected chi connectivity index (χ0v) is 12.0. The summed E-state index contributed by atoms with van der Waals surface area (Å²) in [6, 6.07) is 9.76. The van der Waals surface area contributed by atoms with Gasteiger partial charge in [0.25, 0.3) is 5.91 Å². The standard InChI is InChI=1S/C16H18N4O/c1-11(12-7-3-2-4-8-12)17-20-16(21)15-13-9-5-6-10-14(13)18-19-15/h2-4,7-8H,5-6,9-10H2,1H3,(H,18,19)(H,20,21)/b17-11-. The number of hydrazone groups is 1. The fourth-order valence-corrected chi connectivity index (χ4v) is 2.60. The lowest BCUT2D eigenvalue weighted by Crippen LogP contribution is -2.21. The van der Waals surface area contributed by atoms with Gasteiger partial charge in [-0.1, -0.05) is 30.3 Å². The van der Waals surface area contributed by atoms with Crippen molar-refractivity contribution in [3.05, 3.63) is 52.8 Å². The Morgan fingerprint density at radius 3 is 2.81 bits per heavy atom. The van der Waals surface area contributed by atoms with E-state index in [4.69, 9.17) is 0 Å². The minimum absolute atomic E-state index is 0.246. The number of hydrogen-bond acceptors (Lipinski definition) is 3. The third-order valence-electron chi connectivity index (χ3n) is 3.79. The molecular weight excluding hydrogens is 264 g/mol. The van der Waals surface area contributed by atoms with E-state index in [9.17, 15) is 4.79 Å². The normalized spacial score (nSPS) is 14.6. The van der Waals surface area contributed by atoms with Crippen molar-refractivity contribution in [3.8, 4) is 0 Å². The van der Waals surface area contributed by atoms with Gasteiger partial charge >= 0.3 is 0 Å². The first-order chi connectivity index (χ1) is 10.3. The molecule has 1 aliphatic carbocycles. The van der Waals surface area contributed by atoms with Gasteiger partial charge < -0.3 is 0 Å². The largest absolute Gasteiger partial charge is 0.292 e. The maximum absolute atomic E-state index is 12.2. The van der Waals surface area contributed by atoms with Crippen LogP contribution < -0.4 is 5.43 Å². The molecule has 5 heteroatoms. The number of aromatic amines is 1. The molecule has 0 saturated carbocycles. The van der Waals surface area contributed by atoms with Crippen molar-refractivity contribution in [2.24, 2.45) is 5.10 Å². The number of carbonyl (C=O) groups is 1. The zero-order chi connectivity index (χ0) is 14.7. The Morgan fingerprint density at radius 1 is 1.24 bits per heavy atom. The summed E-state index contributed by atoms with van der Waals surface area (Å²) >= 11 is 0. The number of fused-ring (bicyclic) bond motifs is 1. The molecule has 1 heterocycles. The van der Waals surface area contributed by atoms with E-state index < -0.39 is 0 Å². The van der Waals surface area contributed by atoms with E-state index in [0.717, 1.165) is 48.2 Å². The Balaban J connectivity index is 1.74. The Kier molecular flexibility index (Phi) is 3.81. The number of aromatic nitrogens is 2. The van der Waals surface area contributed by atoms with Crippen LogP contribution in [0, 0.1) is 0 Å². The highest BCUT2D eigenvalue weighted by atomic mass is 16.2. The van der Waals surface area contributed by atoms with Crippen molar-refractivity contribution in [1.82, 2.24) is 15.6 Å². The summed E-state index contributed by atoms with van der Waals surface area (Å²) in [7, 11) is 0. The molecule has 0 fully saturated rings. The molecule has 2 aromatic rings. The molecule has 5 nitrogen and oxygen atoms in total. The molecule has 0 radical (unpaired) electrons. The highest BCUT2D eigenvalue weighted by Crippen LogP contribution is 2.21. The van der Waals surface area contributed by atoms with Gasteiger partial charge in [-0.2, -0.15) is 10.2 Å². The number of carbonyl (C=O) groups excluding carboxylic acids is 1. The lowest BCUT2D eigenvalue weighted by atomic mass is 9.96. The van der Waals surface area contributed by atoms with Crippen molar-refractivity contribution in [1.29, 1.82) is 0 Å². The van der Waals surface area contributed by atoms with Gasteiger partial charge in [-0.25, -0.2) is 5.43 Å².